The Hall–Kier alpha value is -3.16. The molecule has 27 heavy (non-hydrogen) atoms. The number of nitrogens with one attached hydrogen (secondary N) is 2. The molecule has 0 aliphatic carbocycles. The van der Waals surface area contributed by atoms with Crippen molar-refractivity contribution in [1.29, 1.82) is 0 Å². The van der Waals surface area contributed by atoms with Gasteiger partial charge in [0.15, 0.2) is 0 Å². The van der Waals surface area contributed by atoms with Crippen molar-refractivity contribution in [3.63, 3.8) is 0 Å². The summed E-state index contributed by atoms with van der Waals surface area (Å²) in [5, 5.41) is 13.6. The highest BCUT2D eigenvalue weighted by Crippen LogP contribution is 2.20. The number of carbonyl (C=O) groups is 2. The van der Waals surface area contributed by atoms with Gasteiger partial charge in [0.2, 0.25) is 5.91 Å². The summed E-state index contributed by atoms with van der Waals surface area (Å²) >= 11 is 0. The van der Waals surface area contributed by atoms with Gasteiger partial charge in [-0.1, -0.05) is 24.2 Å². The Morgan fingerprint density at radius 3 is 2.93 bits per heavy atom. The lowest BCUT2D eigenvalue weighted by atomic mass is 10.1. The molecule has 3 rings (SSSR count). The van der Waals surface area contributed by atoms with Gasteiger partial charge in [-0.25, -0.2) is 0 Å². The monoisotopic (exact) mass is 369 g/mol. The molecule has 1 aromatic heterocycles. The smallest absolute Gasteiger partial charge is 0.251 e. The summed E-state index contributed by atoms with van der Waals surface area (Å²) in [6.45, 7) is 2.60. The molecule has 0 saturated carbocycles. The van der Waals surface area contributed by atoms with Crippen molar-refractivity contribution in [1.82, 2.24) is 20.4 Å². The Bertz CT molecular complexity index is 859. The van der Waals surface area contributed by atoms with Crippen molar-refractivity contribution >= 4 is 17.5 Å². The van der Waals surface area contributed by atoms with Gasteiger partial charge in [0, 0.05) is 30.8 Å². The third kappa shape index (κ3) is 4.72. The SMILES string of the molecule is CCC1=NO[C@H](CNC(=O)c2cccc(-c3cnn(CC(=O)NC)c3)c2)C1. The number of carbonyl (C=O) groups excluding carboxylic acids is 2. The first kappa shape index (κ1) is 18.6. The molecule has 8 nitrogen and oxygen atoms in total. The van der Waals surface area contributed by atoms with E-state index in [1.165, 1.54) is 0 Å². The van der Waals surface area contributed by atoms with Crippen LogP contribution in [0.15, 0.2) is 41.8 Å². The van der Waals surface area contributed by atoms with E-state index in [0.29, 0.717) is 12.1 Å². The van der Waals surface area contributed by atoms with Crippen LogP contribution in [0.4, 0.5) is 0 Å². The number of hydrogen-bond acceptors (Lipinski definition) is 5. The summed E-state index contributed by atoms with van der Waals surface area (Å²) in [5.74, 6) is -0.287. The third-order valence-corrected chi connectivity index (χ3v) is 4.37. The molecule has 2 heterocycles. The van der Waals surface area contributed by atoms with E-state index in [1.54, 1.807) is 36.3 Å². The van der Waals surface area contributed by atoms with E-state index in [4.69, 9.17) is 4.84 Å². The van der Waals surface area contributed by atoms with E-state index in [2.05, 4.69) is 20.9 Å². The van der Waals surface area contributed by atoms with E-state index >= 15 is 0 Å². The molecule has 0 unspecified atom stereocenters. The quantitative estimate of drug-likeness (QED) is 0.774. The first-order valence-corrected chi connectivity index (χ1v) is 8.92. The van der Waals surface area contributed by atoms with Gasteiger partial charge in [-0.05, 0) is 24.1 Å². The van der Waals surface area contributed by atoms with E-state index in [-0.39, 0.29) is 24.5 Å². The standard InChI is InChI=1S/C19H23N5O3/c1-3-16-8-17(27-23-16)10-21-19(26)14-6-4-5-13(7-14)15-9-22-24(11-15)12-18(25)20-2/h4-7,9,11,17H,3,8,10,12H2,1-2H3,(H,20,25)(H,21,26)/t17-/m0/s1. The van der Waals surface area contributed by atoms with Gasteiger partial charge in [-0.2, -0.15) is 5.10 Å². The van der Waals surface area contributed by atoms with Gasteiger partial charge in [0.1, 0.15) is 12.6 Å². The summed E-state index contributed by atoms with van der Waals surface area (Å²) in [6, 6.07) is 7.29. The van der Waals surface area contributed by atoms with Crippen LogP contribution in [0.1, 0.15) is 30.1 Å². The van der Waals surface area contributed by atoms with Crippen molar-refractivity contribution < 1.29 is 14.4 Å². The van der Waals surface area contributed by atoms with Crippen LogP contribution in [-0.4, -0.2) is 47.0 Å². The Morgan fingerprint density at radius 1 is 1.33 bits per heavy atom. The Labute approximate surface area is 157 Å². The number of hydrogen-bond donors (Lipinski definition) is 2. The second kappa shape index (κ2) is 8.48. The van der Waals surface area contributed by atoms with Crippen LogP contribution in [0.3, 0.4) is 0 Å². The van der Waals surface area contributed by atoms with E-state index < -0.39 is 0 Å². The maximum absolute atomic E-state index is 12.4. The highest BCUT2D eigenvalue weighted by Gasteiger charge is 2.20. The number of nitrogens with zero attached hydrogens (tertiary/aromatic N) is 3. The number of rotatable bonds is 7. The van der Waals surface area contributed by atoms with Crippen LogP contribution in [0.2, 0.25) is 0 Å². The largest absolute Gasteiger partial charge is 0.390 e. The molecule has 1 aliphatic rings. The number of oxime groups is 1. The van der Waals surface area contributed by atoms with Gasteiger partial charge in [-0.3, -0.25) is 14.3 Å². The summed E-state index contributed by atoms with van der Waals surface area (Å²) in [5.41, 5.74) is 3.28. The molecular weight excluding hydrogens is 346 g/mol. The molecule has 0 fully saturated rings. The van der Waals surface area contributed by atoms with Crippen LogP contribution >= 0.6 is 0 Å². The lowest BCUT2D eigenvalue weighted by Crippen LogP contribution is -2.32. The maximum atomic E-state index is 12.4. The highest BCUT2D eigenvalue weighted by atomic mass is 16.6. The fraction of sp³-hybridized carbons (Fsp3) is 0.368. The molecule has 0 radical (unpaired) electrons. The Morgan fingerprint density at radius 2 is 2.19 bits per heavy atom. The number of amides is 2. The third-order valence-electron chi connectivity index (χ3n) is 4.37. The lowest BCUT2D eigenvalue weighted by Gasteiger charge is -2.10. The second-order valence-corrected chi connectivity index (χ2v) is 6.33. The van der Waals surface area contributed by atoms with Crippen molar-refractivity contribution in [2.45, 2.75) is 32.4 Å². The van der Waals surface area contributed by atoms with Crippen molar-refractivity contribution in [3.05, 3.63) is 42.2 Å². The summed E-state index contributed by atoms with van der Waals surface area (Å²) < 4.78 is 1.56. The first-order chi connectivity index (χ1) is 13.1. The van der Waals surface area contributed by atoms with Gasteiger partial charge < -0.3 is 15.5 Å². The number of benzene rings is 1. The van der Waals surface area contributed by atoms with Crippen LogP contribution in [0, 0.1) is 0 Å². The first-order valence-electron chi connectivity index (χ1n) is 8.92. The van der Waals surface area contributed by atoms with E-state index in [9.17, 15) is 9.59 Å². The zero-order valence-corrected chi connectivity index (χ0v) is 15.4. The average molecular weight is 369 g/mol. The molecule has 1 aliphatic heterocycles. The van der Waals surface area contributed by atoms with Crippen molar-refractivity contribution in [2.75, 3.05) is 13.6 Å². The van der Waals surface area contributed by atoms with E-state index in [0.717, 1.165) is 29.7 Å². The molecule has 1 atom stereocenters. The minimum absolute atomic E-state index is 0.102. The molecule has 0 saturated heterocycles. The predicted octanol–water partition coefficient (Wildman–Crippen LogP) is 1.58. The van der Waals surface area contributed by atoms with E-state index in [1.807, 2.05) is 19.1 Å². The molecule has 2 aromatic rings. The summed E-state index contributed by atoms with van der Waals surface area (Å²) in [7, 11) is 1.58. The van der Waals surface area contributed by atoms with Gasteiger partial charge in [-0.15, -0.1) is 0 Å². The van der Waals surface area contributed by atoms with Gasteiger partial charge in [0.05, 0.1) is 18.5 Å². The normalized spacial score (nSPS) is 15.8. The summed E-state index contributed by atoms with van der Waals surface area (Å²) in [6.07, 6.45) is 4.97. The predicted molar refractivity (Wildman–Crippen MR) is 101 cm³/mol. The lowest BCUT2D eigenvalue weighted by molar-refractivity contribution is -0.121. The molecule has 0 bridgehead atoms. The highest BCUT2D eigenvalue weighted by molar-refractivity contribution is 5.95. The molecule has 8 heteroatoms. The maximum Gasteiger partial charge on any atom is 0.251 e. The van der Waals surface area contributed by atoms with Crippen LogP contribution in [0.5, 0.6) is 0 Å². The molecule has 2 amide bonds. The van der Waals surface area contributed by atoms with Crippen LogP contribution < -0.4 is 10.6 Å². The fourth-order valence-electron chi connectivity index (χ4n) is 2.78. The average Bonchev–Trinajstić information content (AvgIpc) is 3.35. The van der Waals surface area contributed by atoms with Crippen LogP contribution in [-0.2, 0) is 16.2 Å². The zero-order valence-electron chi connectivity index (χ0n) is 15.4. The molecular formula is C19H23N5O3. The Balaban J connectivity index is 1.61. The van der Waals surface area contributed by atoms with Crippen LogP contribution in [0.25, 0.3) is 11.1 Å². The van der Waals surface area contributed by atoms with Crippen molar-refractivity contribution in [3.8, 4) is 11.1 Å². The minimum atomic E-state index is -0.164. The number of aromatic nitrogens is 2. The molecule has 0 spiro atoms. The van der Waals surface area contributed by atoms with Crippen molar-refractivity contribution in [2.24, 2.45) is 5.16 Å². The second-order valence-electron chi connectivity index (χ2n) is 6.33. The van der Waals surface area contributed by atoms with Gasteiger partial charge >= 0.3 is 0 Å². The Kier molecular flexibility index (Phi) is 5.85. The van der Waals surface area contributed by atoms with Gasteiger partial charge in [0.25, 0.3) is 5.91 Å². The zero-order chi connectivity index (χ0) is 19.2. The minimum Gasteiger partial charge on any atom is -0.390 e. The topological polar surface area (TPSA) is 97.6 Å². The molecule has 142 valence electrons. The number of likely N-dealkylation sites (N-methyl/N-ethyl adjacent to an activating group) is 1. The fourth-order valence-corrected chi connectivity index (χ4v) is 2.78. The molecule has 2 N–H and O–H groups in total. The summed E-state index contributed by atoms with van der Waals surface area (Å²) in [4.78, 5) is 29.2. The molecule has 1 aromatic carbocycles.